The average molecular weight is 319 g/mol. The predicted molar refractivity (Wildman–Crippen MR) is 74.8 cm³/mol. The highest BCUT2D eigenvalue weighted by molar-refractivity contribution is 7.91. The van der Waals surface area contributed by atoms with Gasteiger partial charge in [-0.15, -0.1) is 11.3 Å². The number of carboxylic acids is 1. The predicted octanol–water partition coefficient (Wildman–Crippen LogP) is 1.55. The Morgan fingerprint density at radius 2 is 2.15 bits per heavy atom. The van der Waals surface area contributed by atoms with E-state index in [0.29, 0.717) is 12.2 Å². The van der Waals surface area contributed by atoms with Crippen molar-refractivity contribution in [3.63, 3.8) is 0 Å². The smallest absolute Gasteiger partial charge is 0.346 e. The second-order valence-electron chi connectivity index (χ2n) is 5.33. The number of rotatable bonds is 3. The Hall–Kier alpha value is -0.960. The summed E-state index contributed by atoms with van der Waals surface area (Å²) in [6, 6.07) is 1.42. The van der Waals surface area contributed by atoms with Crippen LogP contribution in [-0.4, -0.2) is 49.1 Å². The Morgan fingerprint density at radius 3 is 2.65 bits per heavy atom. The minimum atomic E-state index is -3.66. The van der Waals surface area contributed by atoms with E-state index in [2.05, 4.69) is 0 Å². The zero-order valence-electron chi connectivity index (χ0n) is 11.5. The van der Waals surface area contributed by atoms with Gasteiger partial charge in [-0.2, -0.15) is 4.31 Å². The van der Waals surface area contributed by atoms with Gasteiger partial charge in [0.15, 0.2) is 0 Å². The summed E-state index contributed by atoms with van der Waals surface area (Å²) < 4.78 is 32.0. The summed E-state index contributed by atoms with van der Waals surface area (Å²) >= 11 is 0.798. The molecule has 20 heavy (non-hydrogen) atoms. The lowest BCUT2D eigenvalue weighted by molar-refractivity contribution is -0.0639. The molecule has 1 fully saturated rings. The monoisotopic (exact) mass is 319 g/mol. The maximum Gasteiger partial charge on any atom is 0.346 e. The van der Waals surface area contributed by atoms with Gasteiger partial charge in [-0.3, -0.25) is 0 Å². The molecule has 0 spiro atoms. The molecule has 2 rings (SSSR count). The van der Waals surface area contributed by atoms with Gasteiger partial charge in [-0.1, -0.05) is 0 Å². The molecule has 0 aliphatic carbocycles. The quantitative estimate of drug-likeness (QED) is 0.914. The fourth-order valence-electron chi connectivity index (χ4n) is 2.10. The van der Waals surface area contributed by atoms with Crippen LogP contribution < -0.4 is 0 Å². The molecule has 0 radical (unpaired) electrons. The summed E-state index contributed by atoms with van der Waals surface area (Å²) in [7, 11) is -3.66. The Balaban J connectivity index is 2.35. The first kappa shape index (κ1) is 15.4. The van der Waals surface area contributed by atoms with Crippen LogP contribution in [0.15, 0.2) is 10.3 Å². The maximum atomic E-state index is 12.6. The molecule has 0 aromatic carbocycles. The van der Waals surface area contributed by atoms with E-state index in [1.165, 1.54) is 10.4 Å². The van der Waals surface area contributed by atoms with E-state index in [1.807, 2.05) is 13.8 Å². The van der Waals surface area contributed by atoms with E-state index < -0.39 is 21.6 Å². The van der Waals surface area contributed by atoms with Crippen molar-refractivity contribution >= 4 is 27.3 Å². The van der Waals surface area contributed by atoms with E-state index in [-0.39, 0.29) is 22.2 Å². The molecule has 1 saturated heterocycles. The summed E-state index contributed by atoms with van der Waals surface area (Å²) in [5.74, 6) is -1.10. The highest BCUT2D eigenvalue weighted by atomic mass is 32.2. The zero-order chi connectivity index (χ0) is 15.1. The molecular weight excluding hydrogens is 302 g/mol. The summed E-state index contributed by atoms with van der Waals surface area (Å²) in [5, 5.41) is 9.02. The highest BCUT2D eigenvalue weighted by Gasteiger charge is 2.36. The summed E-state index contributed by atoms with van der Waals surface area (Å²) in [6.45, 7) is 6.14. The molecule has 1 aromatic heterocycles. The fourth-order valence-corrected chi connectivity index (χ4v) is 5.21. The minimum Gasteiger partial charge on any atom is -0.477 e. The third-order valence-corrected chi connectivity index (χ3v) is 6.59. The standard InChI is InChI=1S/C12H17NO5S2/c1-8-6-9(19-10(8)11(14)15)20(16,17)13-4-5-18-12(2,3)7-13/h6H,4-5,7H2,1-3H3,(H,14,15). The molecule has 1 aliphatic rings. The molecule has 1 N–H and O–H groups in total. The van der Waals surface area contributed by atoms with Crippen molar-refractivity contribution in [2.45, 2.75) is 30.6 Å². The van der Waals surface area contributed by atoms with Gasteiger partial charge in [0, 0.05) is 13.1 Å². The van der Waals surface area contributed by atoms with Crippen LogP contribution in [0, 0.1) is 6.92 Å². The second-order valence-corrected chi connectivity index (χ2v) is 8.55. The highest BCUT2D eigenvalue weighted by Crippen LogP contribution is 2.30. The van der Waals surface area contributed by atoms with Crippen LogP contribution in [0.2, 0.25) is 0 Å². The molecule has 0 saturated carbocycles. The van der Waals surface area contributed by atoms with Gasteiger partial charge in [0.2, 0.25) is 0 Å². The number of aromatic carboxylic acids is 1. The molecule has 8 heteroatoms. The van der Waals surface area contributed by atoms with E-state index in [9.17, 15) is 13.2 Å². The number of ether oxygens (including phenoxy) is 1. The van der Waals surface area contributed by atoms with Gasteiger partial charge in [0.1, 0.15) is 9.09 Å². The number of hydrogen-bond donors (Lipinski definition) is 1. The lowest BCUT2D eigenvalue weighted by Gasteiger charge is -2.37. The number of carbonyl (C=O) groups is 1. The Kier molecular flexibility index (Phi) is 3.94. The first-order valence-corrected chi connectivity index (χ1v) is 8.37. The lowest BCUT2D eigenvalue weighted by Crippen LogP contribution is -2.50. The van der Waals surface area contributed by atoms with Crippen molar-refractivity contribution in [2.75, 3.05) is 19.7 Å². The van der Waals surface area contributed by atoms with Crippen LogP contribution in [0.4, 0.5) is 0 Å². The first-order chi connectivity index (χ1) is 9.13. The van der Waals surface area contributed by atoms with Crippen LogP contribution in [0.5, 0.6) is 0 Å². The van der Waals surface area contributed by atoms with E-state index in [0.717, 1.165) is 11.3 Å². The number of sulfonamides is 1. The number of nitrogens with zero attached hydrogens (tertiary/aromatic N) is 1. The molecule has 112 valence electrons. The van der Waals surface area contributed by atoms with Crippen molar-refractivity contribution in [3.05, 3.63) is 16.5 Å². The normalized spacial score (nSPS) is 19.9. The topological polar surface area (TPSA) is 83.9 Å². The van der Waals surface area contributed by atoms with Crippen LogP contribution in [0.3, 0.4) is 0 Å². The third kappa shape index (κ3) is 2.88. The van der Waals surface area contributed by atoms with E-state index >= 15 is 0 Å². The van der Waals surface area contributed by atoms with Gasteiger partial charge < -0.3 is 9.84 Å². The number of aryl methyl sites for hydroxylation is 1. The first-order valence-electron chi connectivity index (χ1n) is 6.11. The molecule has 2 heterocycles. The Labute approximate surface area is 122 Å². The molecule has 0 amide bonds. The van der Waals surface area contributed by atoms with Crippen LogP contribution in [0.25, 0.3) is 0 Å². The molecule has 0 bridgehead atoms. The van der Waals surface area contributed by atoms with Crippen molar-refractivity contribution in [1.29, 1.82) is 0 Å². The lowest BCUT2D eigenvalue weighted by atomic mass is 10.1. The molecule has 6 nitrogen and oxygen atoms in total. The van der Waals surface area contributed by atoms with Crippen molar-refractivity contribution in [3.8, 4) is 0 Å². The number of thiophene rings is 1. The molecule has 1 aromatic rings. The van der Waals surface area contributed by atoms with Crippen LogP contribution in [-0.2, 0) is 14.8 Å². The van der Waals surface area contributed by atoms with Gasteiger partial charge in [0.05, 0.1) is 12.2 Å². The summed E-state index contributed by atoms with van der Waals surface area (Å²) in [6.07, 6.45) is 0. The van der Waals surface area contributed by atoms with Crippen LogP contribution in [0.1, 0.15) is 29.1 Å². The Morgan fingerprint density at radius 1 is 1.50 bits per heavy atom. The maximum absolute atomic E-state index is 12.6. The molecular formula is C12H17NO5S2. The molecule has 1 aliphatic heterocycles. The van der Waals surface area contributed by atoms with E-state index in [1.54, 1.807) is 6.92 Å². The number of morpholine rings is 1. The van der Waals surface area contributed by atoms with Gasteiger partial charge in [0.25, 0.3) is 10.0 Å². The van der Waals surface area contributed by atoms with Crippen molar-refractivity contribution in [1.82, 2.24) is 4.31 Å². The molecule has 0 unspecified atom stereocenters. The van der Waals surface area contributed by atoms with Gasteiger partial charge in [-0.05, 0) is 32.4 Å². The molecule has 0 atom stereocenters. The minimum absolute atomic E-state index is 0.0658. The third-order valence-electron chi connectivity index (χ3n) is 3.07. The number of hydrogen-bond acceptors (Lipinski definition) is 5. The average Bonchev–Trinajstić information content (AvgIpc) is 2.70. The van der Waals surface area contributed by atoms with Crippen molar-refractivity contribution in [2.24, 2.45) is 0 Å². The SMILES string of the molecule is Cc1cc(S(=O)(=O)N2CCOC(C)(C)C2)sc1C(=O)O. The fraction of sp³-hybridized carbons (Fsp3) is 0.583. The Bertz CT molecular complexity index is 632. The largest absolute Gasteiger partial charge is 0.477 e. The number of carboxylic acid groups (broad SMARTS) is 1. The van der Waals surface area contributed by atoms with E-state index in [4.69, 9.17) is 9.84 Å². The zero-order valence-corrected chi connectivity index (χ0v) is 13.2. The van der Waals surface area contributed by atoms with Crippen LogP contribution >= 0.6 is 11.3 Å². The summed E-state index contributed by atoms with van der Waals surface area (Å²) in [5.41, 5.74) is -0.0682. The summed E-state index contributed by atoms with van der Waals surface area (Å²) in [4.78, 5) is 11.1. The van der Waals surface area contributed by atoms with Gasteiger partial charge in [-0.25, -0.2) is 13.2 Å². The van der Waals surface area contributed by atoms with Crippen molar-refractivity contribution < 1.29 is 23.1 Å². The van der Waals surface area contributed by atoms with Gasteiger partial charge >= 0.3 is 5.97 Å². The second kappa shape index (κ2) is 5.10.